The van der Waals surface area contributed by atoms with Crippen molar-refractivity contribution in [3.63, 3.8) is 0 Å². The van der Waals surface area contributed by atoms with Gasteiger partial charge in [-0.05, 0) is 42.5 Å². The smallest absolute Gasteiger partial charge is 0.416 e. The highest BCUT2D eigenvalue weighted by Crippen LogP contribution is 2.37. The summed E-state index contributed by atoms with van der Waals surface area (Å²) in [6.07, 6.45) is -2.63. The monoisotopic (exact) mass is 449 g/mol. The lowest BCUT2D eigenvalue weighted by Crippen LogP contribution is -2.47. The highest BCUT2D eigenvalue weighted by Gasteiger charge is 2.31. The summed E-state index contributed by atoms with van der Waals surface area (Å²) >= 11 is 0. The topological polar surface area (TPSA) is 37.7 Å². The molecule has 1 aromatic heterocycles. The minimum atomic E-state index is -4.45. The summed E-state index contributed by atoms with van der Waals surface area (Å²) in [6.45, 7) is 4.94. The highest BCUT2D eigenvalue weighted by atomic mass is 19.4. The maximum Gasteiger partial charge on any atom is 0.416 e. The van der Waals surface area contributed by atoms with Gasteiger partial charge in [-0.3, -0.25) is 9.69 Å². The average Bonchev–Trinajstić information content (AvgIpc) is 3.13. The number of carbonyl (C=O) groups excluding carboxylic acids is 1. The Kier molecular flexibility index (Phi) is 6.10. The van der Waals surface area contributed by atoms with E-state index in [4.69, 9.17) is 4.74 Å². The van der Waals surface area contributed by atoms with E-state index in [-0.39, 0.29) is 11.8 Å². The zero-order valence-corrected chi connectivity index (χ0v) is 17.5. The molecular formula is C23H23F4N3O2. The molecule has 32 heavy (non-hydrogen) atoms. The maximum absolute atomic E-state index is 13.4. The number of aromatic nitrogens is 1. The van der Waals surface area contributed by atoms with Crippen LogP contribution in [0, 0.1) is 5.82 Å². The van der Waals surface area contributed by atoms with Gasteiger partial charge in [-0.25, -0.2) is 4.39 Å². The van der Waals surface area contributed by atoms with Gasteiger partial charge >= 0.3 is 12.1 Å². The molecule has 0 atom stereocenters. The van der Waals surface area contributed by atoms with Crippen LogP contribution < -0.4 is 4.90 Å². The molecule has 1 saturated heterocycles. The normalized spacial score (nSPS) is 15.3. The molecule has 0 spiro atoms. The Morgan fingerprint density at radius 2 is 1.72 bits per heavy atom. The number of piperazine rings is 1. The maximum atomic E-state index is 13.4. The van der Waals surface area contributed by atoms with Crippen LogP contribution in [0.1, 0.15) is 12.5 Å². The molecule has 0 aliphatic carbocycles. The van der Waals surface area contributed by atoms with Crippen molar-refractivity contribution in [3.8, 4) is 5.69 Å². The van der Waals surface area contributed by atoms with Crippen molar-refractivity contribution in [2.45, 2.75) is 13.1 Å². The molecule has 0 N–H and O–H groups in total. The van der Waals surface area contributed by atoms with Crippen LogP contribution in [0.3, 0.4) is 0 Å². The number of fused-ring (bicyclic) bond motifs is 1. The summed E-state index contributed by atoms with van der Waals surface area (Å²) in [4.78, 5) is 15.1. The van der Waals surface area contributed by atoms with Gasteiger partial charge in [0.15, 0.2) is 0 Å². The fourth-order valence-corrected chi connectivity index (χ4v) is 3.99. The van der Waals surface area contributed by atoms with Crippen molar-refractivity contribution < 1.29 is 27.1 Å². The van der Waals surface area contributed by atoms with Crippen LogP contribution in [-0.4, -0.2) is 54.8 Å². The molecule has 2 aromatic carbocycles. The van der Waals surface area contributed by atoms with E-state index in [0.29, 0.717) is 61.6 Å². The second-order valence-electron chi connectivity index (χ2n) is 7.76. The van der Waals surface area contributed by atoms with Gasteiger partial charge in [-0.2, -0.15) is 13.2 Å². The van der Waals surface area contributed by atoms with E-state index in [0.717, 1.165) is 6.07 Å². The summed E-state index contributed by atoms with van der Waals surface area (Å²) in [5.41, 5.74) is 1.29. The third-order valence-corrected chi connectivity index (χ3v) is 5.64. The minimum Gasteiger partial charge on any atom is -0.465 e. The van der Waals surface area contributed by atoms with Crippen LogP contribution in [0.5, 0.6) is 0 Å². The molecule has 1 aliphatic rings. The van der Waals surface area contributed by atoms with Crippen LogP contribution >= 0.6 is 0 Å². The number of rotatable bonds is 5. The van der Waals surface area contributed by atoms with E-state index < -0.39 is 11.7 Å². The van der Waals surface area contributed by atoms with Crippen LogP contribution in [0.4, 0.5) is 23.2 Å². The van der Waals surface area contributed by atoms with Gasteiger partial charge in [0.2, 0.25) is 0 Å². The van der Waals surface area contributed by atoms with Crippen LogP contribution in [0.25, 0.3) is 16.6 Å². The second-order valence-corrected chi connectivity index (χ2v) is 7.76. The zero-order valence-electron chi connectivity index (χ0n) is 17.5. The summed E-state index contributed by atoms with van der Waals surface area (Å²) < 4.78 is 60.3. The molecule has 4 rings (SSSR count). The molecule has 0 bridgehead atoms. The van der Waals surface area contributed by atoms with Crippen LogP contribution in [-0.2, 0) is 15.7 Å². The first-order valence-corrected chi connectivity index (χ1v) is 10.3. The molecule has 2 heterocycles. The quantitative estimate of drug-likeness (QED) is 0.426. The molecule has 5 nitrogen and oxygen atoms in total. The Bertz CT molecular complexity index is 1100. The number of benzene rings is 2. The molecule has 9 heteroatoms. The summed E-state index contributed by atoms with van der Waals surface area (Å²) in [5.74, 6) is -0.702. The van der Waals surface area contributed by atoms with E-state index in [9.17, 15) is 22.4 Å². The minimum absolute atomic E-state index is 0.314. The lowest BCUT2D eigenvalue weighted by atomic mass is 10.1. The van der Waals surface area contributed by atoms with Crippen molar-refractivity contribution >= 4 is 22.6 Å². The van der Waals surface area contributed by atoms with E-state index in [1.165, 1.54) is 31.2 Å². The van der Waals surface area contributed by atoms with Gasteiger partial charge < -0.3 is 14.2 Å². The number of ether oxygens (including phenoxy) is 1. The van der Waals surface area contributed by atoms with Crippen LogP contribution in [0.15, 0.2) is 48.7 Å². The van der Waals surface area contributed by atoms with Crippen molar-refractivity contribution in [2.24, 2.45) is 0 Å². The van der Waals surface area contributed by atoms with Crippen molar-refractivity contribution in [2.75, 3.05) is 44.2 Å². The number of anilines is 1. The SMILES string of the molecule is CC(=O)OCCN1CCN(c2cn(-c3ccc(F)cc3)c3ccc(C(F)(F)F)cc23)CC1. The van der Waals surface area contributed by atoms with Crippen molar-refractivity contribution in [3.05, 3.63) is 60.0 Å². The lowest BCUT2D eigenvalue weighted by Gasteiger charge is -2.35. The third-order valence-electron chi connectivity index (χ3n) is 5.64. The number of halogens is 4. The fraction of sp³-hybridized carbons (Fsp3) is 0.348. The first-order valence-electron chi connectivity index (χ1n) is 10.3. The number of hydrogen-bond donors (Lipinski definition) is 0. The van der Waals surface area contributed by atoms with Gasteiger partial charge in [-0.1, -0.05) is 0 Å². The number of alkyl halides is 3. The third kappa shape index (κ3) is 4.72. The first-order chi connectivity index (χ1) is 15.2. The summed E-state index contributed by atoms with van der Waals surface area (Å²) in [6, 6.07) is 9.56. The molecule has 1 aliphatic heterocycles. The molecular weight excluding hydrogens is 426 g/mol. The van der Waals surface area contributed by atoms with E-state index >= 15 is 0 Å². The number of nitrogens with zero attached hydrogens (tertiary/aromatic N) is 3. The van der Waals surface area contributed by atoms with Gasteiger partial charge in [-0.15, -0.1) is 0 Å². The Hall–Kier alpha value is -3.07. The molecule has 3 aromatic rings. The zero-order chi connectivity index (χ0) is 22.9. The van der Waals surface area contributed by atoms with Gasteiger partial charge in [0.1, 0.15) is 12.4 Å². The van der Waals surface area contributed by atoms with Gasteiger partial charge in [0, 0.05) is 56.9 Å². The van der Waals surface area contributed by atoms with Crippen molar-refractivity contribution in [1.82, 2.24) is 9.47 Å². The van der Waals surface area contributed by atoms with Gasteiger partial charge in [0.25, 0.3) is 0 Å². The largest absolute Gasteiger partial charge is 0.465 e. The average molecular weight is 449 g/mol. The standard InChI is InChI=1S/C23H23F4N3O2/c1-16(31)32-13-12-28-8-10-29(11-9-28)22-15-30(19-5-3-18(24)4-6-19)21-7-2-17(14-20(21)22)23(25,26)27/h2-7,14-15H,8-13H2,1H3. The highest BCUT2D eigenvalue weighted by molar-refractivity contribution is 5.95. The fourth-order valence-electron chi connectivity index (χ4n) is 3.99. The second kappa shape index (κ2) is 8.82. The number of hydrogen-bond acceptors (Lipinski definition) is 4. The molecule has 0 saturated carbocycles. The molecule has 0 amide bonds. The predicted octanol–water partition coefficient (Wildman–Crippen LogP) is 4.47. The molecule has 1 fully saturated rings. The van der Waals surface area contributed by atoms with E-state index in [1.807, 2.05) is 6.20 Å². The Labute approximate surface area is 182 Å². The first kappa shape index (κ1) is 22.1. The number of esters is 1. The van der Waals surface area contributed by atoms with Crippen molar-refractivity contribution in [1.29, 1.82) is 0 Å². The molecule has 0 radical (unpaired) electrons. The van der Waals surface area contributed by atoms with E-state index in [1.54, 1.807) is 16.7 Å². The predicted molar refractivity (Wildman–Crippen MR) is 114 cm³/mol. The number of carbonyl (C=O) groups is 1. The van der Waals surface area contributed by atoms with E-state index in [2.05, 4.69) is 9.80 Å². The summed E-state index contributed by atoms with van der Waals surface area (Å²) in [5, 5.41) is 0.498. The summed E-state index contributed by atoms with van der Waals surface area (Å²) in [7, 11) is 0. The molecule has 170 valence electrons. The Morgan fingerprint density at radius 3 is 2.34 bits per heavy atom. The Morgan fingerprint density at radius 1 is 1.03 bits per heavy atom. The lowest BCUT2D eigenvalue weighted by molar-refractivity contribution is -0.141. The molecule has 0 unspecified atom stereocenters. The van der Waals surface area contributed by atoms with Crippen LogP contribution in [0.2, 0.25) is 0 Å². The Balaban J connectivity index is 1.64. The van der Waals surface area contributed by atoms with Gasteiger partial charge in [0.05, 0.1) is 16.8 Å².